The number of aromatic nitrogens is 1. The lowest BCUT2D eigenvalue weighted by atomic mass is 10.2. The average Bonchev–Trinajstić information content (AvgIpc) is 2.21. The summed E-state index contributed by atoms with van der Waals surface area (Å²) in [6.07, 6.45) is 1.70. The highest BCUT2D eigenvalue weighted by molar-refractivity contribution is 5.78. The average molecular weight is 209 g/mol. The number of carbonyl (C=O) groups is 1. The minimum absolute atomic E-state index is 0.0891. The van der Waals surface area contributed by atoms with Crippen LogP contribution in [-0.4, -0.2) is 36.9 Å². The molecule has 2 N–H and O–H groups in total. The molecule has 0 aromatic carbocycles. The van der Waals surface area contributed by atoms with Gasteiger partial charge in [0.25, 0.3) is 5.56 Å². The van der Waals surface area contributed by atoms with Crippen LogP contribution >= 0.6 is 0 Å². The molecule has 0 radical (unpaired) electrons. The summed E-state index contributed by atoms with van der Waals surface area (Å²) in [5.74, 6) is -0.0891. The Bertz CT molecular complexity index is 409. The van der Waals surface area contributed by atoms with Crippen LogP contribution in [0, 0.1) is 0 Å². The van der Waals surface area contributed by atoms with E-state index >= 15 is 0 Å². The van der Waals surface area contributed by atoms with Gasteiger partial charge in [-0.15, -0.1) is 0 Å². The molecule has 0 atom stereocenters. The van der Waals surface area contributed by atoms with E-state index in [0.717, 1.165) is 5.69 Å². The van der Waals surface area contributed by atoms with E-state index in [-0.39, 0.29) is 17.9 Å². The number of hydrogen-bond acceptors (Lipinski definition) is 3. The van der Waals surface area contributed by atoms with Crippen LogP contribution < -0.4 is 10.9 Å². The van der Waals surface area contributed by atoms with Gasteiger partial charge in [0.1, 0.15) is 0 Å². The van der Waals surface area contributed by atoms with Crippen LogP contribution in [0.15, 0.2) is 17.1 Å². The normalized spacial score (nSPS) is 9.80. The Morgan fingerprint density at radius 1 is 1.53 bits per heavy atom. The summed E-state index contributed by atoms with van der Waals surface area (Å²) in [5.41, 5.74) is 1.04. The first kappa shape index (κ1) is 11.3. The van der Waals surface area contributed by atoms with E-state index in [2.05, 4.69) is 10.3 Å². The Labute approximate surface area is 88.1 Å². The number of hydrogen-bond donors (Lipinski definition) is 2. The third-order valence-electron chi connectivity index (χ3n) is 2.11. The number of rotatable bonds is 3. The Kier molecular flexibility index (Phi) is 3.49. The second kappa shape index (κ2) is 4.63. The molecular weight excluding hydrogens is 194 g/mol. The van der Waals surface area contributed by atoms with Crippen molar-refractivity contribution < 1.29 is 4.79 Å². The number of pyridine rings is 1. The summed E-state index contributed by atoms with van der Waals surface area (Å²) in [5, 5.41) is 2.90. The van der Waals surface area contributed by atoms with Gasteiger partial charge in [-0.05, 0) is 6.07 Å². The highest BCUT2D eigenvalue weighted by atomic mass is 16.2. The highest BCUT2D eigenvalue weighted by Crippen LogP contribution is 2.04. The largest absolute Gasteiger partial charge is 0.387 e. The molecule has 5 nitrogen and oxygen atoms in total. The maximum Gasteiger partial charge on any atom is 0.251 e. The van der Waals surface area contributed by atoms with E-state index in [1.807, 2.05) is 0 Å². The maximum absolute atomic E-state index is 11.4. The summed E-state index contributed by atoms with van der Waals surface area (Å²) in [4.78, 5) is 26.8. The quantitative estimate of drug-likeness (QED) is 0.739. The number of H-pyrrole nitrogens is 1. The number of aromatic amines is 1. The molecular formula is C10H15N3O2. The van der Waals surface area contributed by atoms with E-state index in [1.54, 1.807) is 33.4 Å². The molecule has 1 aromatic rings. The Morgan fingerprint density at radius 3 is 2.73 bits per heavy atom. The van der Waals surface area contributed by atoms with E-state index in [0.29, 0.717) is 5.56 Å². The third kappa shape index (κ3) is 2.83. The third-order valence-corrected chi connectivity index (χ3v) is 2.11. The van der Waals surface area contributed by atoms with Crippen molar-refractivity contribution in [2.24, 2.45) is 0 Å². The molecule has 0 fully saturated rings. The fraction of sp³-hybridized carbons (Fsp3) is 0.400. The summed E-state index contributed by atoms with van der Waals surface area (Å²) in [6, 6.07) is 1.68. The molecule has 5 heteroatoms. The van der Waals surface area contributed by atoms with Crippen LogP contribution in [0.1, 0.15) is 5.56 Å². The Hall–Kier alpha value is -1.78. The highest BCUT2D eigenvalue weighted by Gasteiger charge is 2.09. The fourth-order valence-electron chi connectivity index (χ4n) is 1.13. The van der Waals surface area contributed by atoms with Crippen molar-refractivity contribution in [1.29, 1.82) is 0 Å². The smallest absolute Gasteiger partial charge is 0.251 e. The van der Waals surface area contributed by atoms with E-state index in [9.17, 15) is 9.59 Å². The SMILES string of the molecule is CNc1c[nH]c(=O)c(CC(=O)N(C)C)c1. The zero-order valence-electron chi connectivity index (χ0n) is 9.13. The number of nitrogens with zero attached hydrogens (tertiary/aromatic N) is 1. The van der Waals surface area contributed by atoms with Gasteiger partial charge in [-0.25, -0.2) is 0 Å². The van der Waals surface area contributed by atoms with Gasteiger partial charge < -0.3 is 15.2 Å². The summed E-state index contributed by atoms with van der Waals surface area (Å²) in [6.45, 7) is 0. The van der Waals surface area contributed by atoms with Gasteiger partial charge in [0.15, 0.2) is 0 Å². The lowest BCUT2D eigenvalue weighted by molar-refractivity contribution is -0.127. The molecule has 1 heterocycles. The molecule has 0 saturated heterocycles. The standard InChI is InChI=1S/C10H15N3O2/c1-11-8-4-7(10(15)12-6-8)5-9(14)13(2)3/h4,6,11H,5H2,1-3H3,(H,12,15). The molecule has 0 saturated carbocycles. The Balaban J connectivity index is 2.93. The first-order chi connectivity index (χ1) is 7.04. The predicted octanol–water partition coefficient (Wildman–Crippen LogP) is 0.0473. The van der Waals surface area contributed by atoms with Crippen molar-refractivity contribution in [3.05, 3.63) is 28.2 Å². The van der Waals surface area contributed by atoms with Crippen molar-refractivity contribution in [2.75, 3.05) is 26.5 Å². The minimum atomic E-state index is -0.218. The summed E-state index contributed by atoms with van der Waals surface area (Å²) in [7, 11) is 5.09. The van der Waals surface area contributed by atoms with Crippen LogP contribution in [0.5, 0.6) is 0 Å². The van der Waals surface area contributed by atoms with Gasteiger partial charge in [0.2, 0.25) is 5.91 Å². The van der Waals surface area contributed by atoms with Crippen LogP contribution in [-0.2, 0) is 11.2 Å². The molecule has 82 valence electrons. The molecule has 0 bridgehead atoms. The molecule has 0 aliphatic carbocycles. The first-order valence-corrected chi connectivity index (χ1v) is 4.64. The molecule has 0 unspecified atom stereocenters. The molecule has 1 aromatic heterocycles. The van der Waals surface area contributed by atoms with Gasteiger partial charge in [0.05, 0.1) is 12.1 Å². The number of carbonyl (C=O) groups excluding carboxylic acids is 1. The van der Waals surface area contributed by atoms with E-state index in [1.165, 1.54) is 4.90 Å². The van der Waals surface area contributed by atoms with Crippen molar-refractivity contribution >= 4 is 11.6 Å². The summed E-state index contributed by atoms with van der Waals surface area (Å²) < 4.78 is 0. The van der Waals surface area contributed by atoms with E-state index < -0.39 is 0 Å². The van der Waals surface area contributed by atoms with Crippen LogP contribution in [0.25, 0.3) is 0 Å². The minimum Gasteiger partial charge on any atom is -0.387 e. The van der Waals surface area contributed by atoms with E-state index in [4.69, 9.17) is 0 Å². The van der Waals surface area contributed by atoms with Crippen molar-refractivity contribution in [2.45, 2.75) is 6.42 Å². The lowest BCUT2D eigenvalue weighted by Crippen LogP contribution is -2.26. The number of likely N-dealkylation sites (N-methyl/N-ethyl adjacent to an activating group) is 1. The van der Waals surface area contributed by atoms with Crippen LogP contribution in [0.4, 0.5) is 5.69 Å². The topological polar surface area (TPSA) is 65.2 Å². The van der Waals surface area contributed by atoms with Gasteiger partial charge in [-0.3, -0.25) is 9.59 Å². The van der Waals surface area contributed by atoms with Gasteiger partial charge >= 0.3 is 0 Å². The van der Waals surface area contributed by atoms with Crippen molar-refractivity contribution in [1.82, 2.24) is 9.88 Å². The van der Waals surface area contributed by atoms with Gasteiger partial charge in [0, 0.05) is 32.9 Å². The number of nitrogens with one attached hydrogen (secondary N) is 2. The van der Waals surface area contributed by atoms with Gasteiger partial charge in [-0.1, -0.05) is 0 Å². The monoisotopic (exact) mass is 209 g/mol. The summed E-state index contributed by atoms with van der Waals surface area (Å²) >= 11 is 0. The van der Waals surface area contributed by atoms with Crippen LogP contribution in [0.2, 0.25) is 0 Å². The number of anilines is 1. The lowest BCUT2D eigenvalue weighted by Gasteiger charge is -2.10. The predicted molar refractivity (Wildman–Crippen MR) is 59.0 cm³/mol. The second-order valence-corrected chi connectivity index (χ2v) is 3.46. The van der Waals surface area contributed by atoms with Crippen LogP contribution in [0.3, 0.4) is 0 Å². The first-order valence-electron chi connectivity index (χ1n) is 4.64. The zero-order chi connectivity index (χ0) is 11.4. The molecule has 1 rings (SSSR count). The fourth-order valence-corrected chi connectivity index (χ4v) is 1.13. The van der Waals surface area contributed by atoms with Crippen molar-refractivity contribution in [3.8, 4) is 0 Å². The zero-order valence-corrected chi connectivity index (χ0v) is 9.13. The molecule has 0 spiro atoms. The Morgan fingerprint density at radius 2 is 2.20 bits per heavy atom. The number of amides is 1. The molecule has 15 heavy (non-hydrogen) atoms. The maximum atomic E-state index is 11.4. The molecule has 1 amide bonds. The van der Waals surface area contributed by atoms with Gasteiger partial charge in [-0.2, -0.15) is 0 Å². The van der Waals surface area contributed by atoms with Crippen molar-refractivity contribution in [3.63, 3.8) is 0 Å². The molecule has 0 aliphatic rings. The second-order valence-electron chi connectivity index (χ2n) is 3.46. The molecule has 0 aliphatic heterocycles.